The average molecular weight is 288 g/mol. The van der Waals surface area contributed by atoms with Gasteiger partial charge in [-0.25, -0.2) is 0 Å². The van der Waals surface area contributed by atoms with E-state index in [1.54, 1.807) is 0 Å². The molecule has 0 radical (unpaired) electrons. The number of nitrogens with one attached hydrogen (secondary N) is 1. The zero-order chi connectivity index (χ0) is 15.2. The van der Waals surface area contributed by atoms with Crippen LogP contribution >= 0.6 is 0 Å². The highest BCUT2D eigenvalue weighted by molar-refractivity contribution is 5.76. The van der Waals surface area contributed by atoms with Gasteiger partial charge < -0.3 is 14.9 Å². The van der Waals surface area contributed by atoms with Crippen molar-refractivity contribution in [1.29, 1.82) is 0 Å². The Morgan fingerprint density at radius 3 is 2.62 bits per heavy atom. The maximum absolute atomic E-state index is 12.0. The smallest absolute Gasteiger partial charge is 0.220 e. The van der Waals surface area contributed by atoms with Crippen molar-refractivity contribution in [3.05, 3.63) is 52.9 Å². The number of nitrogens with zero attached hydrogens (tertiary/aromatic N) is 1. The molecule has 0 unspecified atom stereocenters. The number of aromatic nitrogens is 1. The molecule has 2 aromatic rings. The molecule has 0 saturated carbocycles. The number of carbonyl (C=O) groups is 1. The molecule has 1 atom stereocenters. The summed E-state index contributed by atoms with van der Waals surface area (Å²) in [5.41, 5.74) is 2.69. The molecule has 0 aliphatic heterocycles. The Hall–Kier alpha value is -2.14. The molecule has 2 N–H and O–H groups in total. The van der Waals surface area contributed by atoms with Crippen LogP contribution in [0.25, 0.3) is 0 Å². The number of hydrogen-bond acceptors (Lipinski definition) is 4. The SMILES string of the molecule is Cc1noc(C)c1CCC(=O)N[C@H](CO)c1ccccc1. The third-order valence-corrected chi connectivity index (χ3v) is 3.50. The predicted octanol–water partition coefficient (Wildman–Crippen LogP) is 2.07. The quantitative estimate of drug-likeness (QED) is 0.853. The van der Waals surface area contributed by atoms with E-state index in [4.69, 9.17) is 4.52 Å². The van der Waals surface area contributed by atoms with E-state index in [2.05, 4.69) is 10.5 Å². The van der Waals surface area contributed by atoms with Crippen LogP contribution in [0.15, 0.2) is 34.9 Å². The van der Waals surface area contributed by atoms with E-state index in [0.29, 0.717) is 12.8 Å². The van der Waals surface area contributed by atoms with Gasteiger partial charge in [-0.15, -0.1) is 0 Å². The van der Waals surface area contributed by atoms with Gasteiger partial charge in [-0.3, -0.25) is 4.79 Å². The Balaban J connectivity index is 1.92. The zero-order valence-corrected chi connectivity index (χ0v) is 12.3. The number of aliphatic hydroxyl groups excluding tert-OH is 1. The second kappa shape index (κ2) is 7.04. The molecule has 1 heterocycles. The number of aryl methyl sites for hydroxylation is 2. The molecule has 1 amide bonds. The minimum absolute atomic E-state index is 0.0992. The Morgan fingerprint density at radius 2 is 2.05 bits per heavy atom. The lowest BCUT2D eigenvalue weighted by Crippen LogP contribution is -2.30. The van der Waals surface area contributed by atoms with Crippen molar-refractivity contribution in [3.63, 3.8) is 0 Å². The molecule has 0 aliphatic rings. The van der Waals surface area contributed by atoms with Gasteiger partial charge in [-0.05, 0) is 25.8 Å². The van der Waals surface area contributed by atoms with Gasteiger partial charge >= 0.3 is 0 Å². The molecule has 5 nitrogen and oxygen atoms in total. The van der Waals surface area contributed by atoms with Crippen LogP contribution in [0.3, 0.4) is 0 Å². The largest absolute Gasteiger partial charge is 0.394 e. The summed E-state index contributed by atoms with van der Waals surface area (Å²) in [6.07, 6.45) is 0.923. The van der Waals surface area contributed by atoms with Gasteiger partial charge in [0.2, 0.25) is 5.91 Å². The first kappa shape index (κ1) is 15.3. The molecule has 5 heteroatoms. The maximum atomic E-state index is 12.0. The third kappa shape index (κ3) is 3.92. The van der Waals surface area contributed by atoms with Crippen LogP contribution in [-0.4, -0.2) is 22.8 Å². The minimum Gasteiger partial charge on any atom is -0.394 e. The van der Waals surface area contributed by atoms with Crippen LogP contribution in [0.1, 0.15) is 35.0 Å². The van der Waals surface area contributed by atoms with Crippen molar-refractivity contribution in [2.75, 3.05) is 6.61 Å². The van der Waals surface area contributed by atoms with Gasteiger partial charge in [0.1, 0.15) is 5.76 Å². The van der Waals surface area contributed by atoms with Gasteiger partial charge in [0, 0.05) is 12.0 Å². The highest BCUT2D eigenvalue weighted by atomic mass is 16.5. The summed E-state index contributed by atoms with van der Waals surface area (Å²) < 4.78 is 5.08. The first-order chi connectivity index (χ1) is 10.1. The fraction of sp³-hybridized carbons (Fsp3) is 0.375. The summed E-state index contributed by atoms with van der Waals surface area (Å²) >= 11 is 0. The van der Waals surface area contributed by atoms with Gasteiger partial charge in [0.15, 0.2) is 0 Å². The van der Waals surface area contributed by atoms with Crippen LogP contribution < -0.4 is 5.32 Å². The van der Waals surface area contributed by atoms with Crippen molar-refractivity contribution in [3.8, 4) is 0 Å². The van der Waals surface area contributed by atoms with Gasteiger partial charge in [0.25, 0.3) is 0 Å². The van der Waals surface area contributed by atoms with E-state index in [9.17, 15) is 9.90 Å². The topological polar surface area (TPSA) is 75.4 Å². The summed E-state index contributed by atoms with van der Waals surface area (Å²) in [5, 5.41) is 16.1. The first-order valence-electron chi connectivity index (χ1n) is 6.98. The lowest BCUT2D eigenvalue weighted by atomic mass is 10.1. The molecule has 1 aromatic heterocycles. The average Bonchev–Trinajstić information content (AvgIpc) is 2.82. The summed E-state index contributed by atoms with van der Waals surface area (Å²) in [7, 11) is 0. The second-order valence-electron chi connectivity index (χ2n) is 5.02. The van der Waals surface area contributed by atoms with Gasteiger partial charge in [-0.2, -0.15) is 0 Å². The van der Waals surface area contributed by atoms with E-state index in [1.807, 2.05) is 44.2 Å². The van der Waals surface area contributed by atoms with Gasteiger partial charge in [0.05, 0.1) is 18.3 Å². The molecular weight excluding hydrogens is 268 g/mol. The summed E-state index contributed by atoms with van der Waals surface area (Å²) in [6.45, 7) is 3.58. The van der Waals surface area contributed by atoms with Crippen LogP contribution in [0.2, 0.25) is 0 Å². The summed E-state index contributed by atoms with van der Waals surface area (Å²) in [6, 6.07) is 9.06. The molecule has 0 aliphatic carbocycles. The highest BCUT2D eigenvalue weighted by Crippen LogP contribution is 2.15. The van der Waals surface area contributed by atoms with Crippen molar-refractivity contribution >= 4 is 5.91 Å². The van der Waals surface area contributed by atoms with Crippen LogP contribution in [0.4, 0.5) is 0 Å². The highest BCUT2D eigenvalue weighted by Gasteiger charge is 2.15. The Bertz CT molecular complexity index is 573. The summed E-state index contributed by atoms with van der Waals surface area (Å²) in [5.74, 6) is 0.653. The lowest BCUT2D eigenvalue weighted by Gasteiger charge is -2.16. The molecular formula is C16H20N2O3. The third-order valence-electron chi connectivity index (χ3n) is 3.50. The number of benzene rings is 1. The first-order valence-corrected chi connectivity index (χ1v) is 6.98. The second-order valence-corrected chi connectivity index (χ2v) is 5.02. The molecule has 112 valence electrons. The fourth-order valence-electron chi connectivity index (χ4n) is 2.28. The number of rotatable bonds is 6. The standard InChI is InChI=1S/C16H20N2O3/c1-11-14(12(2)21-18-11)8-9-16(20)17-15(10-19)13-6-4-3-5-7-13/h3-7,15,19H,8-10H2,1-2H3,(H,17,20)/t15-/m1/s1. The minimum atomic E-state index is -0.372. The van der Waals surface area contributed by atoms with Gasteiger partial charge in [-0.1, -0.05) is 35.5 Å². The zero-order valence-electron chi connectivity index (χ0n) is 12.3. The fourth-order valence-corrected chi connectivity index (χ4v) is 2.28. The Morgan fingerprint density at radius 1 is 1.33 bits per heavy atom. The van der Waals surface area contributed by atoms with Crippen LogP contribution in [-0.2, 0) is 11.2 Å². The van der Waals surface area contributed by atoms with Crippen molar-refractivity contribution in [1.82, 2.24) is 10.5 Å². The number of aliphatic hydroxyl groups is 1. The molecule has 0 spiro atoms. The maximum Gasteiger partial charge on any atom is 0.220 e. The van der Waals surface area contributed by atoms with E-state index in [-0.39, 0.29) is 18.6 Å². The number of amides is 1. The van der Waals surface area contributed by atoms with Crippen molar-refractivity contribution in [2.45, 2.75) is 32.7 Å². The number of hydrogen-bond donors (Lipinski definition) is 2. The molecule has 21 heavy (non-hydrogen) atoms. The van der Waals surface area contributed by atoms with Crippen LogP contribution in [0.5, 0.6) is 0 Å². The van der Waals surface area contributed by atoms with Crippen LogP contribution in [0, 0.1) is 13.8 Å². The van der Waals surface area contributed by atoms with E-state index in [1.165, 1.54) is 0 Å². The lowest BCUT2D eigenvalue weighted by molar-refractivity contribution is -0.122. The van der Waals surface area contributed by atoms with E-state index < -0.39 is 0 Å². The molecule has 0 fully saturated rings. The Labute approximate surface area is 124 Å². The van der Waals surface area contributed by atoms with Crippen molar-refractivity contribution in [2.24, 2.45) is 0 Å². The van der Waals surface area contributed by atoms with E-state index >= 15 is 0 Å². The summed E-state index contributed by atoms with van der Waals surface area (Å²) in [4.78, 5) is 12.0. The molecule has 2 rings (SSSR count). The molecule has 1 aromatic carbocycles. The Kier molecular flexibility index (Phi) is 5.11. The monoisotopic (exact) mass is 288 g/mol. The molecule has 0 bridgehead atoms. The normalized spacial score (nSPS) is 12.1. The predicted molar refractivity (Wildman–Crippen MR) is 78.7 cm³/mol. The molecule has 0 saturated heterocycles. The number of carbonyl (C=O) groups excluding carboxylic acids is 1. The van der Waals surface area contributed by atoms with Crippen molar-refractivity contribution < 1.29 is 14.4 Å². The van der Waals surface area contributed by atoms with E-state index in [0.717, 1.165) is 22.6 Å².